The number of ketones is 1. The zero-order chi connectivity index (χ0) is 22.9. The summed E-state index contributed by atoms with van der Waals surface area (Å²) < 4.78 is 33.4. The molecule has 0 aliphatic carbocycles. The SMILES string of the molecule is CC(=O)c1ccccc1-c1cncc(/N=N/c2cc(S(=O)(=O)O)c3ccccc3c2N)c1.[NaH]. The average Bonchev–Trinajstić information content (AvgIpc) is 2.78. The molecule has 8 nitrogen and oxygen atoms in total. The Hall–Kier alpha value is -2.95. The molecule has 0 atom stereocenters. The van der Waals surface area contributed by atoms with Crippen molar-refractivity contribution in [3.05, 3.63) is 78.6 Å². The molecule has 4 rings (SSSR count). The number of nitrogens with zero attached hydrogens (tertiary/aromatic N) is 3. The van der Waals surface area contributed by atoms with Crippen LogP contribution in [0.1, 0.15) is 17.3 Å². The zero-order valence-corrected chi connectivity index (χ0v) is 17.7. The fourth-order valence-electron chi connectivity index (χ4n) is 3.43. The van der Waals surface area contributed by atoms with E-state index in [1.54, 1.807) is 48.7 Å². The first-order chi connectivity index (χ1) is 15.3. The molecule has 1 heterocycles. The fourth-order valence-corrected chi connectivity index (χ4v) is 4.15. The Labute approximate surface area is 212 Å². The van der Waals surface area contributed by atoms with Gasteiger partial charge in [0, 0.05) is 28.1 Å². The number of carbonyl (C=O) groups excluding carboxylic acids is 1. The van der Waals surface area contributed by atoms with E-state index < -0.39 is 10.1 Å². The fraction of sp³-hybridized carbons (Fsp3) is 0.0435. The third-order valence-electron chi connectivity index (χ3n) is 4.92. The average molecular weight is 470 g/mol. The van der Waals surface area contributed by atoms with Gasteiger partial charge in [0.15, 0.2) is 5.78 Å². The van der Waals surface area contributed by atoms with Crippen molar-refractivity contribution < 1.29 is 17.8 Å². The van der Waals surface area contributed by atoms with Gasteiger partial charge in [0.25, 0.3) is 10.1 Å². The van der Waals surface area contributed by atoms with Crippen molar-refractivity contribution in [1.29, 1.82) is 0 Å². The second-order valence-corrected chi connectivity index (χ2v) is 8.45. The van der Waals surface area contributed by atoms with Gasteiger partial charge in [-0.15, -0.1) is 10.2 Å². The van der Waals surface area contributed by atoms with E-state index >= 15 is 0 Å². The van der Waals surface area contributed by atoms with Gasteiger partial charge in [-0.3, -0.25) is 14.3 Å². The summed E-state index contributed by atoms with van der Waals surface area (Å²) in [6.45, 7) is 1.49. The van der Waals surface area contributed by atoms with E-state index in [2.05, 4.69) is 15.2 Å². The van der Waals surface area contributed by atoms with Crippen LogP contribution in [0.5, 0.6) is 0 Å². The third-order valence-corrected chi connectivity index (χ3v) is 5.81. The summed E-state index contributed by atoms with van der Waals surface area (Å²) in [4.78, 5) is 15.8. The first-order valence-electron chi connectivity index (χ1n) is 9.51. The summed E-state index contributed by atoms with van der Waals surface area (Å²) in [5, 5.41) is 8.98. The van der Waals surface area contributed by atoms with Gasteiger partial charge in [0.2, 0.25) is 0 Å². The number of hydrogen-bond acceptors (Lipinski definition) is 7. The molecule has 0 bridgehead atoms. The number of rotatable bonds is 5. The molecule has 0 unspecified atom stereocenters. The van der Waals surface area contributed by atoms with Gasteiger partial charge in [-0.05, 0) is 24.6 Å². The Morgan fingerprint density at radius 1 is 0.970 bits per heavy atom. The van der Waals surface area contributed by atoms with Crippen molar-refractivity contribution >= 4 is 73.3 Å². The van der Waals surface area contributed by atoms with Crippen LogP contribution in [0.25, 0.3) is 21.9 Å². The van der Waals surface area contributed by atoms with Crippen molar-refractivity contribution in [3.8, 4) is 11.1 Å². The Kier molecular flexibility index (Phi) is 7.41. The minimum atomic E-state index is -4.51. The van der Waals surface area contributed by atoms with E-state index in [0.29, 0.717) is 27.8 Å². The van der Waals surface area contributed by atoms with Crippen molar-refractivity contribution in [2.24, 2.45) is 10.2 Å². The molecule has 10 heteroatoms. The molecule has 3 N–H and O–H groups in total. The van der Waals surface area contributed by atoms with E-state index in [1.807, 2.05) is 12.1 Å². The molecule has 0 spiro atoms. The number of fused-ring (bicyclic) bond motifs is 1. The molecule has 162 valence electrons. The van der Waals surface area contributed by atoms with Gasteiger partial charge in [0.1, 0.15) is 16.3 Å². The maximum atomic E-state index is 11.9. The predicted molar refractivity (Wildman–Crippen MR) is 129 cm³/mol. The number of aromatic nitrogens is 1. The zero-order valence-electron chi connectivity index (χ0n) is 16.9. The molecule has 0 amide bonds. The molecule has 0 saturated carbocycles. The number of azo groups is 1. The number of benzene rings is 3. The van der Waals surface area contributed by atoms with Crippen molar-refractivity contribution in [3.63, 3.8) is 0 Å². The summed E-state index contributed by atoms with van der Waals surface area (Å²) in [6.07, 6.45) is 3.09. The molecule has 3 aromatic carbocycles. The normalized spacial score (nSPS) is 11.5. The van der Waals surface area contributed by atoms with Crippen LogP contribution in [0, 0.1) is 0 Å². The Morgan fingerprint density at radius 2 is 1.64 bits per heavy atom. The first-order valence-corrected chi connectivity index (χ1v) is 11.0. The van der Waals surface area contributed by atoms with Crippen LogP contribution < -0.4 is 5.73 Å². The van der Waals surface area contributed by atoms with Gasteiger partial charge < -0.3 is 5.73 Å². The van der Waals surface area contributed by atoms with Crippen molar-refractivity contribution in [2.75, 3.05) is 5.73 Å². The van der Waals surface area contributed by atoms with Crippen LogP contribution in [-0.2, 0) is 10.1 Å². The maximum absolute atomic E-state index is 11.9. The summed E-state index contributed by atoms with van der Waals surface area (Å²) in [7, 11) is -4.51. The number of anilines is 1. The number of nitrogen functional groups attached to an aromatic ring is 1. The van der Waals surface area contributed by atoms with Gasteiger partial charge in [0.05, 0.1) is 11.9 Å². The van der Waals surface area contributed by atoms with Gasteiger partial charge in [-0.2, -0.15) is 8.42 Å². The number of Topliss-reactive ketones (excluding diaryl/α,β-unsaturated/α-hetero) is 1. The molecule has 0 aliphatic rings. The van der Waals surface area contributed by atoms with Crippen LogP contribution in [0.2, 0.25) is 0 Å². The van der Waals surface area contributed by atoms with E-state index in [9.17, 15) is 17.8 Å². The number of hydrogen-bond donors (Lipinski definition) is 2. The quantitative estimate of drug-likeness (QED) is 0.143. The molecule has 0 fully saturated rings. The second-order valence-electron chi connectivity index (χ2n) is 7.06. The van der Waals surface area contributed by atoms with Gasteiger partial charge >= 0.3 is 29.6 Å². The monoisotopic (exact) mass is 470 g/mol. The summed E-state index contributed by atoms with van der Waals surface area (Å²) >= 11 is 0. The van der Waals surface area contributed by atoms with Gasteiger partial charge in [-0.1, -0.05) is 48.5 Å². The Morgan fingerprint density at radius 3 is 2.33 bits per heavy atom. The van der Waals surface area contributed by atoms with E-state index in [1.165, 1.54) is 19.2 Å². The summed E-state index contributed by atoms with van der Waals surface area (Å²) in [5.41, 5.74) is 8.82. The first kappa shape index (κ1) is 24.7. The molecule has 33 heavy (non-hydrogen) atoms. The number of nitrogens with two attached hydrogens (primary N) is 1. The second kappa shape index (κ2) is 9.90. The predicted octanol–water partition coefficient (Wildman–Crippen LogP) is 4.70. The van der Waals surface area contributed by atoms with Gasteiger partial charge in [-0.25, -0.2) is 0 Å². The van der Waals surface area contributed by atoms with Crippen LogP contribution >= 0.6 is 0 Å². The standard InChI is InChI=1S/C23H18N4O4S.Na.H/c1-14(28)17-6-2-3-7-18(17)15-10-16(13-25-12-15)26-27-21-11-22(32(29,30)31)19-8-4-5-9-20(19)23(21)24;;/h2-13H,24H2,1H3,(H,29,30,31);;/b27-26+;;. The summed E-state index contributed by atoms with van der Waals surface area (Å²) in [5.74, 6) is -0.0747. The molecule has 4 aromatic rings. The van der Waals surface area contributed by atoms with E-state index in [0.717, 1.165) is 0 Å². The molecule has 0 radical (unpaired) electrons. The van der Waals surface area contributed by atoms with Crippen LogP contribution in [0.4, 0.5) is 17.1 Å². The molecular formula is C23H19N4NaO4S. The third kappa shape index (κ3) is 5.18. The molecule has 0 saturated heterocycles. The number of carbonyl (C=O) groups is 1. The topological polar surface area (TPSA) is 135 Å². The number of pyridine rings is 1. The van der Waals surface area contributed by atoms with Crippen LogP contribution in [-0.4, -0.2) is 53.3 Å². The Balaban J connectivity index is 0.00000306. The summed E-state index contributed by atoms with van der Waals surface area (Å²) in [6, 6.07) is 16.6. The van der Waals surface area contributed by atoms with Crippen molar-refractivity contribution in [2.45, 2.75) is 11.8 Å². The van der Waals surface area contributed by atoms with Crippen LogP contribution in [0.3, 0.4) is 0 Å². The van der Waals surface area contributed by atoms with E-state index in [-0.39, 0.29) is 57.0 Å². The molecular weight excluding hydrogens is 451 g/mol. The molecule has 0 aliphatic heterocycles. The Bertz CT molecular complexity index is 1500. The van der Waals surface area contributed by atoms with Crippen LogP contribution in [0.15, 0.2) is 88.2 Å². The minimum absolute atomic E-state index is 0. The van der Waals surface area contributed by atoms with Crippen molar-refractivity contribution in [1.82, 2.24) is 4.98 Å². The molecule has 1 aromatic heterocycles. The van der Waals surface area contributed by atoms with E-state index in [4.69, 9.17) is 5.73 Å².